The fraction of sp³-hybridized carbons (Fsp3) is 0.462. The molecule has 0 heterocycles. The first-order valence-electron chi connectivity index (χ1n) is 5.88. The molecular formula is C13H13F3N2O. The van der Waals surface area contributed by atoms with E-state index in [9.17, 15) is 13.2 Å². The summed E-state index contributed by atoms with van der Waals surface area (Å²) in [5.41, 5.74) is -1.12. The minimum atomic E-state index is -4.23. The monoisotopic (exact) mass is 270 g/mol. The Kier molecular flexibility index (Phi) is 3.67. The largest absolute Gasteiger partial charge is 0.478 e. The molecule has 102 valence electrons. The second-order valence-corrected chi connectivity index (χ2v) is 4.49. The molecule has 1 aromatic rings. The van der Waals surface area contributed by atoms with Gasteiger partial charge in [0.1, 0.15) is 17.4 Å². The number of benzene rings is 1. The van der Waals surface area contributed by atoms with Crippen LogP contribution >= 0.6 is 0 Å². The van der Waals surface area contributed by atoms with Crippen LogP contribution in [0.2, 0.25) is 0 Å². The maximum absolute atomic E-state index is 12.8. The third-order valence-electron chi connectivity index (χ3n) is 3.17. The van der Waals surface area contributed by atoms with Crippen molar-refractivity contribution in [3.05, 3.63) is 29.8 Å². The number of ether oxygens (including phenoxy) is 1. The number of rotatable bonds is 5. The van der Waals surface area contributed by atoms with Crippen molar-refractivity contribution < 1.29 is 17.9 Å². The highest BCUT2D eigenvalue weighted by Gasteiger charge is 2.62. The first kappa shape index (κ1) is 13.7. The van der Waals surface area contributed by atoms with E-state index in [1.54, 1.807) is 24.3 Å². The first-order chi connectivity index (χ1) is 8.98. The van der Waals surface area contributed by atoms with Crippen molar-refractivity contribution in [2.24, 2.45) is 0 Å². The fourth-order valence-corrected chi connectivity index (χ4v) is 1.85. The predicted octanol–water partition coefficient (Wildman–Crippen LogP) is 2.77. The van der Waals surface area contributed by atoms with E-state index >= 15 is 0 Å². The standard InChI is InChI=1S/C13H13F3N2O/c14-13(15,16)12(5-6-12)18-9-10-3-1-2-4-11(10)19-8-7-17/h1-4,18H,5-6,8-9H2. The molecule has 0 bridgehead atoms. The zero-order valence-electron chi connectivity index (χ0n) is 10.1. The molecule has 0 unspecified atom stereocenters. The topological polar surface area (TPSA) is 45.0 Å². The van der Waals surface area contributed by atoms with Crippen LogP contribution in [-0.2, 0) is 6.54 Å². The van der Waals surface area contributed by atoms with Crippen LogP contribution < -0.4 is 10.1 Å². The molecule has 0 atom stereocenters. The molecule has 2 rings (SSSR count). The lowest BCUT2D eigenvalue weighted by Crippen LogP contribution is -2.44. The summed E-state index contributed by atoms with van der Waals surface area (Å²) in [5, 5.41) is 11.0. The molecule has 0 radical (unpaired) electrons. The SMILES string of the molecule is N#CCOc1ccccc1CNC1(C(F)(F)F)CC1. The van der Waals surface area contributed by atoms with Gasteiger partial charge >= 0.3 is 6.18 Å². The van der Waals surface area contributed by atoms with Crippen LogP contribution in [-0.4, -0.2) is 18.3 Å². The molecule has 19 heavy (non-hydrogen) atoms. The fourth-order valence-electron chi connectivity index (χ4n) is 1.85. The molecule has 1 aromatic carbocycles. The highest BCUT2D eigenvalue weighted by Crippen LogP contribution is 2.49. The van der Waals surface area contributed by atoms with Crippen molar-refractivity contribution in [2.45, 2.75) is 31.1 Å². The van der Waals surface area contributed by atoms with Gasteiger partial charge in [-0.05, 0) is 18.9 Å². The van der Waals surface area contributed by atoms with Gasteiger partial charge in [-0.1, -0.05) is 18.2 Å². The van der Waals surface area contributed by atoms with E-state index in [1.807, 2.05) is 6.07 Å². The van der Waals surface area contributed by atoms with E-state index in [2.05, 4.69) is 5.32 Å². The Bertz CT molecular complexity index is 489. The average Bonchev–Trinajstić information content (AvgIpc) is 3.15. The van der Waals surface area contributed by atoms with Gasteiger partial charge in [-0.2, -0.15) is 18.4 Å². The lowest BCUT2D eigenvalue weighted by molar-refractivity contribution is -0.166. The second kappa shape index (κ2) is 5.10. The van der Waals surface area contributed by atoms with Gasteiger partial charge in [0.15, 0.2) is 6.61 Å². The summed E-state index contributed by atoms with van der Waals surface area (Å²) in [4.78, 5) is 0. The molecular weight excluding hydrogens is 257 g/mol. The van der Waals surface area contributed by atoms with Gasteiger partial charge in [0, 0.05) is 12.1 Å². The molecule has 1 fully saturated rings. The summed E-state index contributed by atoms with van der Waals surface area (Å²) in [7, 11) is 0. The van der Waals surface area contributed by atoms with Gasteiger partial charge in [0.2, 0.25) is 0 Å². The van der Waals surface area contributed by atoms with Gasteiger partial charge in [-0.3, -0.25) is 5.32 Å². The Labute approximate surface area is 109 Å². The number of nitrogens with one attached hydrogen (secondary N) is 1. The summed E-state index contributed by atoms with van der Waals surface area (Å²) in [6.07, 6.45) is -4.01. The van der Waals surface area contributed by atoms with Gasteiger partial charge in [-0.15, -0.1) is 0 Å². The Morgan fingerprint density at radius 1 is 1.32 bits per heavy atom. The third-order valence-corrected chi connectivity index (χ3v) is 3.17. The Hall–Kier alpha value is -1.74. The summed E-state index contributed by atoms with van der Waals surface area (Å²) in [5.74, 6) is 0.439. The molecule has 6 heteroatoms. The molecule has 3 nitrogen and oxygen atoms in total. The zero-order chi connectivity index (χ0) is 13.9. The number of nitriles is 1. The second-order valence-electron chi connectivity index (χ2n) is 4.49. The van der Waals surface area contributed by atoms with E-state index in [0.717, 1.165) is 0 Å². The Morgan fingerprint density at radius 2 is 2.00 bits per heavy atom. The molecule has 0 saturated heterocycles. The maximum Gasteiger partial charge on any atom is 0.406 e. The van der Waals surface area contributed by atoms with E-state index < -0.39 is 11.7 Å². The number of halogens is 3. The van der Waals surface area contributed by atoms with Crippen LogP contribution in [0.25, 0.3) is 0 Å². The summed E-state index contributed by atoms with van der Waals surface area (Å²) >= 11 is 0. The van der Waals surface area contributed by atoms with Gasteiger partial charge in [0.25, 0.3) is 0 Å². The third kappa shape index (κ3) is 2.99. The lowest BCUT2D eigenvalue weighted by Gasteiger charge is -2.21. The normalized spacial score (nSPS) is 16.7. The maximum atomic E-state index is 12.8. The zero-order valence-corrected chi connectivity index (χ0v) is 10.1. The van der Waals surface area contributed by atoms with E-state index in [4.69, 9.17) is 10.00 Å². The number of nitrogens with zero attached hydrogens (tertiary/aromatic N) is 1. The smallest absolute Gasteiger partial charge is 0.406 e. The van der Waals surface area contributed by atoms with Gasteiger partial charge < -0.3 is 4.74 Å². The highest BCUT2D eigenvalue weighted by molar-refractivity contribution is 5.33. The van der Waals surface area contributed by atoms with Crippen LogP contribution in [0.15, 0.2) is 24.3 Å². The number of alkyl halides is 3. The minimum absolute atomic E-state index is 0.0705. The quantitative estimate of drug-likeness (QED) is 0.894. The van der Waals surface area contributed by atoms with E-state index in [0.29, 0.717) is 11.3 Å². The van der Waals surface area contributed by atoms with Crippen LogP contribution in [0, 0.1) is 11.3 Å². The minimum Gasteiger partial charge on any atom is -0.478 e. The van der Waals surface area contributed by atoms with E-state index in [1.165, 1.54) is 0 Å². The number of hydrogen-bond acceptors (Lipinski definition) is 3. The van der Waals surface area contributed by atoms with Crippen LogP contribution in [0.1, 0.15) is 18.4 Å². The average molecular weight is 270 g/mol. The number of hydrogen-bond donors (Lipinski definition) is 1. The Morgan fingerprint density at radius 3 is 2.58 bits per heavy atom. The summed E-state index contributed by atoms with van der Waals surface area (Å²) in [6.45, 7) is -0.0530. The molecule has 0 amide bonds. The van der Waals surface area contributed by atoms with E-state index in [-0.39, 0.29) is 26.0 Å². The van der Waals surface area contributed by atoms with Crippen LogP contribution in [0.5, 0.6) is 5.75 Å². The molecule has 0 aromatic heterocycles. The van der Waals surface area contributed by atoms with Gasteiger partial charge in [0.05, 0.1) is 0 Å². The Balaban J connectivity index is 2.02. The molecule has 1 saturated carbocycles. The molecule has 1 aliphatic rings. The van der Waals surface area contributed by atoms with Gasteiger partial charge in [-0.25, -0.2) is 0 Å². The molecule has 1 aliphatic carbocycles. The molecule has 0 spiro atoms. The lowest BCUT2D eigenvalue weighted by atomic mass is 10.1. The molecule has 1 N–H and O–H groups in total. The number of para-hydroxylation sites is 1. The predicted molar refractivity (Wildman–Crippen MR) is 62.4 cm³/mol. The van der Waals surface area contributed by atoms with Crippen molar-refractivity contribution in [3.8, 4) is 11.8 Å². The van der Waals surface area contributed by atoms with Crippen molar-refractivity contribution in [2.75, 3.05) is 6.61 Å². The first-order valence-corrected chi connectivity index (χ1v) is 5.88. The summed E-state index contributed by atoms with van der Waals surface area (Å²) in [6, 6.07) is 8.60. The van der Waals surface area contributed by atoms with Crippen molar-refractivity contribution in [1.82, 2.24) is 5.32 Å². The molecule has 0 aliphatic heterocycles. The van der Waals surface area contributed by atoms with Crippen LogP contribution in [0.3, 0.4) is 0 Å². The van der Waals surface area contributed by atoms with Crippen LogP contribution in [0.4, 0.5) is 13.2 Å². The van der Waals surface area contributed by atoms with Crippen molar-refractivity contribution in [1.29, 1.82) is 5.26 Å². The highest BCUT2D eigenvalue weighted by atomic mass is 19.4. The summed E-state index contributed by atoms with van der Waals surface area (Å²) < 4.78 is 43.5. The van der Waals surface area contributed by atoms with Crippen molar-refractivity contribution >= 4 is 0 Å². The van der Waals surface area contributed by atoms with Crippen molar-refractivity contribution in [3.63, 3.8) is 0 Å².